The molecule has 0 aliphatic heterocycles. The van der Waals surface area contributed by atoms with Crippen LogP contribution >= 0.6 is 0 Å². The number of carbonyl (C=O) groups is 1. The van der Waals surface area contributed by atoms with Crippen molar-refractivity contribution in [3.05, 3.63) is 35.9 Å². The number of nitrogens with two attached hydrogens (primary N) is 1. The Bertz CT molecular complexity index is 591. The zero-order chi connectivity index (χ0) is 17.5. The summed E-state index contributed by atoms with van der Waals surface area (Å²) in [5, 5.41) is 0. The second-order valence-corrected chi connectivity index (χ2v) is 9.39. The predicted octanol–water partition coefficient (Wildman–Crippen LogP) is 4.92. The van der Waals surface area contributed by atoms with Crippen molar-refractivity contribution in [1.82, 2.24) is 0 Å². The molecule has 0 saturated heterocycles. The molecule has 0 spiro atoms. The van der Waals surface area contributed by atoms with Crippen LogP contribution in [0, 0.1) is 29.1 Å². The van der Waals surface area contributed by atoms with Gasteiger partial charge >= 0.3 is 0 Å². The van der Waals surface area contributed by atoms with E-state index < -0.39 is 0 Å². The highest BCUT2D eigenvalue weighted by atomic mass is 16.1. The van der Waals surface area contributed by atoms with E-state index in [1.807, 2.05) is 0 Å². The summed E-state index contributed by atoms with van der Waals surface area (Å²) < 4.78 is 0. The second kappa shape index (κ2) is 6.20. The molecule has 1 aromatic rings. The van der Waals surface area contributed by atoms with Crippen molar-refractivity contribution in [2.45, 2.75) is 65.2 Å². The van der Waals surface area contributed by atoms with Crippen molar-refractivity contribution in [2.75, 3.05) is 0 Å². The van der Waals surface area contributed by atoms with Crippen LogP contribution in [0.1, 0.15) is 65.4 Å². The first-order valence-electron chi connectivity index (χ1n) is 9.61. The predicted molar refractivity (Wildman–Crippen MR) is 99.5 cm³/mol. The van der Waals surface area contributed by atoms with E-state index in [4.69, 9.17) is 5.73 Å². The van der Waals surface area contributed by atoms with Crippen LogP contribution in [0.5, 0.6) is 0 Å². The Labute approximate surface area is 147 Å². The topological polar surface area (TPSA) is 43.1 Å². The standard InChI is InChI=1S/C22H33NO/c1-15(2)10-19-16(3)11-22(18-8-6-5-7-9-18)13-17(19)12-21(4,14-22)20(23)24/h5-9,15-17,19H,10-14H2,1-4H3,(H2,23,24). The summed E-state index contributed by atoms with van der Waals surface area (Å²) >= 11 is 0. The molecule has 2 fully saturated rings. The normalized spacial score (nSPS) is 39.0. The highest BCUT2D eigenvalue weighted by Crippen LogP contribution is 2.60. The van der Waals surface area contributed by atoms with Gasteiger partial charge in [-0.25, -0.2) is 0 Å². The van der Waals surface area contributed by atoms with Crippen LogP contribution in [-0.4, -0.2) is 5.91 Å². The van der Waals surface area contributed by atoms with Gasteiger partial charge in [-0.05, 0) is 66.8 Å². The summed E-state index contributed by atoms with van der Waals surface area (Å²) in [4.78, 5) is 12.3. The molecule has 2 bridgehead atoms. The van der Waals surface area contributed by atoms with Gasteiger partial charge < -0.3 is 5.73 Å². The van der Waals surface area contributed by atoms with E-state index in [1.165, 1.54) is 24.8 Å². The maximum absolute atomic E-state index is 12.3. The van der Waals surface area contributed by atoms with Gasteiger partial charge in [0.1, 0.15) is 0 Å². The minimum Gasteiger partial charge on any atom is -0.369 e. The minimum absolute atomic E-state index is 0.106. The lowest BCUT2D eigenvalue weighted by molar-refractivity contribution is -0.135. The van der Waals surface area contributed by atoms with Crippen molar-refractivity contribution in [3.8, 4) is 0 Å². The Morgan fingerprint density at radius 3 is 2.46 bits per heavy atom. The molecule has 5 atom stereocenters. The Balaban J connectivity index is 2.01. The van der Waals surface area contributed by atoms with Crippen LogP contribution in [0.15, 0.2) is 30.3 Å². The van der Waals surface area contributed by atoms with Crippen LogP contribution in [0.25, 0.3) is 0 Å². The molecular formula is C22H33NO. The average molecular weight is 328 g/mol. The molecule has 2 aliphatic carbocycles. The molecule has 0 aromatic heterocycles. The lowest BCUT2D eigenvalue weighted by Gasteiger charge is -2.57. The molecule has 5 unspecified atom stereocenters. The van der Waals surface area contributed by atoms with Gasteiger partial charge in [-0.2, -0.15) is 0 Å². The quantitative estimate of drug-likeness (QED) is 0.838. The number of amides is 1. The van der Waals surface area contributed by atoms with Crippen molar-refractivity contribution < 1.29 is 4.79 Å². The molecule has 24 heavy (non-hydrogen) atoms. The monoisotopic (exact) mass is 327 g/mol. The number of primary amides is 1. The van der Waals surface area contributed by atoms with Crippen molar-refractivity contribution >= 4 is 5.91 Å². The number of hydrogen-bond donors (Lipinski definition) is 1. The van der Waals surface area contributed by atoms with Gasteiger partial charge in [-0.1, -0.05) is 58.0 Å². The maximum atomic E-state index is 12.3. The van der Waals surface area contributed by atoms with Gasteiger partial charge in [-0.15, -0.1) is 0 Å². The number of rotatable bonds is 4. The Hall–Kier alpha value is -1.31. The maximum Gasteiger partial charge on any atom is 0.223 e. The average Bonchev–Trinajstić information content (AvgIpc) is 2.51. The Morgan fingerprint density at radius 2 is 1.88 bits per heavy atom. The number of benzene rings is 1. The summed E-state index contributed by atoms with van der Waals surface area (Å²) in [5.74, 6) is 2.65. The molecule has 2 aliphatic rings. The largest absolute Gasteiger partial charge is 0.369 e. The number of carbonyl (C=O) groups excluding carboxylic acids is 1. The Morgan fingerprint density at radius 1 is 1.21 bits per heavy atom. The van der Waals surface area contributed by atoms with E-state index in [2.05, 4.69) is 58.0 Å². The molecule has 2 saturated carbocycles. The molecule has 2 nitrogen and oxygen atoms in total. The summed E-state index contributed by atoms with van der Waals surface area (Å²) in [7, 11) is 0. The SMILES string of the molecule is CC(C)CC1C(C)CC2(c3ccccc3)CC1CC(C)(C(N)=O)C2. The fraction of sp³-hybridized carbons (Fsp3) is 0.682. The van der Waals surface area contributed by atoms with Crippen LogP contribution in [0.4, 0.5) is 0 Å². The van der Waals surface area contributed by atoms with Crippen LogP contribution in [0.2, 0.25) is 0 Å². The van der Waals surface area contributed by atoms with E-state index >= 15 is 0 Å². The molecule has 132 valence electrons. The van der Waals surface area contributed by atoms with Gasteiger partial charge in [0, 0.05) is 5.41 Å². The minimum atomic E-state index is -0.367. The van der Waals surface area contributed by atoms with Crippen molar-refractivity contribution in [1.29, 1.82) is 0 Å². The first kappa shape index (κ1) is 17.5. The first-order chi connectivity index (χ1) is 11.3. The third-order valence-electron chi connectivity index (χ3n) is 6.87. The number of hydrogen-bond acceptors (Lipinski definition) is 1. The van der Waals surface area contributed by atoms with E-state index in [0.29, 0.717) is 17.8 Å². The highest BCUT2D eigenvalue weighted by Gasteiger charge is 2.55. The molecule has 2 N–H and O–H groups in total. The molecular weight excluding hydrogens is 294 g/mol. The third-order valence-corrected chi connectivity index (χ3v) is 6.87. The third kappa shape index (κ3) is 3.00. The van der Waals surface area contributed by atoms with Crippen molar-refractivity contribution in [2.24, 2.45) is 34.8 Å². The lowest BCUT2D eigenvalue weighted by atomic mass is 9.47. The van der Waals surface area contributed by atoms with E-state index in [9.17, 15) is 4.79 Å². The van der Waals surface area contributed by atoms with Gasteiger partial charge in [-0.3, -0.25) is 4.79 Å². The van der Waals surface area contributed by atoms with Gasteiger partial charge in [0.05, 0.1) is 0 Å². The van der Waals surface area contributed by atoms with Gasteiger partial charge in [0.25, 0.3) is 0 Å². The van der Waals surface area contributed by atoms with Gasteiger partial charge in [0.15, 0.2) is 0 Å². The summed E-state index contributed by atoms with van der Waals surface area (Å²) in [6, 6.07) is 10.9. The molecule has 2 heteroatoms. The van der Waals surface area contributed by atoms with Gasteiger partial charge in [0.2, 0.25) is 5.91 Å². The molecule has 0 heterocycles. The van der Waals surface area contributed by atoms with E-state index in [1.54, 1.807) is 0 Å². The van der Waals surface area contributed by atoms with Crippen LogP contribution in [0.3, 0.4) is 0 Å². The molecule has 3 rings (SSSR count). The summed E-state index contributed by atoms with van der Waals surface area (Å²) in [6.45, 7) is 9.19. The van der Waals surface area contributed by atoms with Crippen LogP contribution < -0.4 is 5.73 Å². The zero-order valence-electron chi connectivity index (χ0n) is 15.7. The van der Waals surface area contributed by atoms with E-state index in [0.717, 1.165) is 18.8 Å². The fourth-order valence-electron chi connectivity index (χ4n) is 6.02. The fourth-order valence-corrected chi connectivity index (χ4v) is 6.02. The van der Waals surface area contributed by atoms with Crippen molar-refractivity contribution in [3.63, 3.8) is 0 Å². The summed E-state index contributed by atoms with van der Waals surface area (Å²) in [6.07, 6.45) is 5.56. The highest BCUT2D eigenvalue weighted by molar-refractivity contribution is 5.80. The second-order valence-electron chi connectivity index (χ2n) is 9.39. The number of fused-ring (bicyclic) bond motifs is 2. The molecule has 1 amide bonds. The zero-order valence-corrected chi connectivity index (χ0v) is 15.7. The Kier molecular flexibility index (Phi) is 4.53. The van der Waals surface area contributed by atoms with Crippen LogP contribution in [-0.2, 0) is 10.2 Å². The smallest absolute Gasteiger partial charge is 0.223 e. The summed E-state index contributed by atoms with van der Waals surface area (Å²) in [5.41, 5.74) is 7.06. The van der Waals surface area contributed by atoms with E-state index in [-0.39, 0.29) is 16.7 Å². The molecule has 1 aromatic carbocycles. The first-order valence-corrected chi connectivity index (χ1v) is 9.61. The lowest BCUT2D eigenvalue weighted by Crippen LogP contribution is -2.54. The molecule has 0 radical (unpaired) electrons.